The summed E-state index contributed by atoms with van der Waals surface area (Å²) in [6, 6.07) is 13.8. The number of carbonyl (C=O) groups is 1. The third-order valence-electron chi connectivity index (χ3n) is 5.19. The monoisotopic (exact) mass is 348 g/mol. The van der Waals surface area contributed by atoms with Gasteiger partial charge in [-0.1, -0.05) is 38.0 Å². The van der Waals surface area contributed by atoms with Crippen molar-refractivity contribution < 1.29 is 4.79 Å². The summed E-state index contributed by atoms with van der Waals surface area (Å²) in [6.07, 6.45) is 7.04. The Morgan fingerprint density at radius 1 is 1.19 bits per heavy atom. The second-order valence-corrected chi connectivity index (χ2v) is 6.92. The molecule has 1 unspecified atom stereocenters. The van der Waals surface area contributed by atoms with Gasteiger partial charge in [0.1, 0.15) is 11.7 Å². The van der Waals surface area contributed by atoms with Crippen molar-refractivity contribution >= 4 is 16.9 Å². The molecule has 0 aliphatic heterocycles. The maximum Gasteiger partial charge on any atom is 0.243 e. The Balaban J connectivity index is 1.78. The van der Waals surface area contributed by atoms with Crippen LogP contribution in [-0.2, 0) is 4.79 Å². The van der Waals surface area contributed by atoms with Crippen LogP contribution in [0.15, 0.2) is 48.7 Å². The van der Waals surface area contributed by atoms with Crippen molar-refractivity contribution in [3.63, 3.8) is 0 Å². The molecule has 0 radical (unpaired) electrons. The van der Waals surface area contributed by atoms with E-state index in [0.29, 0.717) is 12.5 Å². The number of nitrogens with one attached hydrogen (secondary N) is 1. The normalized spacial score (nSPS) is 16.0. The fourth-order valence-electron chi connectivity index (χ4n) is 3.89. The first kappa shape index (κ1) is 16.8. The molecule has 2 aromatic heterocycles. The summed E-state index contributed by atoms with van der Waals surface area (Å²) in [6.45, 7) is 2.05. The van der Waals surface area contributed by atoms with Gasteiger partial charge in [-0.15, -0.1) is 0 Å². The third kappa shape index (κ3) is 3.09. The Hall–Kier alpha value is -2.69. The van der Waals surface area contributed by atoms with Crippen molar-refractivity contribution in [2.24, 2.45) is 0 Å². The number of aromatic nitrogens is 3. The summed E-state index contributed by atoms with van der Waals surface area (Å²) < 4.78 is 2.06. The van der Waals surface area contributed by atoms with Crippen molar-refractivity contribution in [2.75, 3.05) is 0 Å². The van der Waals surface area contributed by atoms with Crippen LogP contribution in [-0.4, -0.2) is 26.5 Å². The van der Waals surface area contributed by atoms with Crippen LogP contribution in [0, 0.1) is 0 Å². The molecule has 1 atom stereocenters. The zero-order valence-corrected chi connectivity index (χ0v) is 15.1. The summed E-state index contributed by atoms with van der Waals surface area (Å²) >= 11 is 0. The van der Waals surface area contributed by atoms with Crippen LogP contribution < -0.4 is 5.32 Å². The SMILES string of the molecule is CCC(C(=O)NC1CCCC1)n1c(-c2ccccn2)nc2ccccc21. The van der Waals surface area contributed by atoms with Gasteiger partial charge in [-0.2, -0.15) is 0 Å². The van der Waals surface area contributed by atoms with Crippen LogP contribution in [0.5, 0.6) is 0 Å². The number of rotatable bonds is 5. The number of hydrogen-bond acceptors (Lipinski definition) is 3. The Kier molecular flexibility index (Phi) is 4.69. The smallest absolute Gasteiger partial charge is 0.243 e. The van der Waals surface area contributed by atoms with E-state index in [-0.39, 0.29) is 11.9 Å². The minimum absolute atomic E-state index is 0.0831. The predicted octanol–water partition coefficient (Wildman–Crippen LogP) is 4.11. The van der Waals surface area contributed by atoms with E-state index in [1.54, 1.807) is 6.20 Å². The lowest BCUT2D eigenvalue weighted by Crippen LogP contribution is -2.38. The maximum atomic E-state index is 13.1. The Morgan fingerprint density at radius 2 is 1.96 bits per heavy atom. The highest BCUT2D eigenvalue weighted by Gasteiger charge is 2.27. The quantitative estimate of drug-likeness (QED) is 0.755. The number of pyridine rings is 1. The minimum Gasteiger partial charge on any atom is -0.352 e. The van der Waals surface area contributed by atoms with E-state index >= 15 is 0 Å². The van der Waals surface area contributed by atoms with Crippen molar-refractivity contribution in [3.05, 3.63) is 48.7 Å². The van der Waals surface area contributed by atoms with E-state index in [4.69, 9.17) is 4.98 Å². The molecule has 1 saturated carbocycles. The van der Waals surface area contributed by atoms with Gasteiger partial charge in [0.05, 0.1) is 11.0 Å². The number of fused-ring (bicyclic) bond motifs is 1. The molecule has 5 heteroatoms. The van der Waals surface area contributed by atoms with Gasteiger partial charge in [0.25, 0.3) is 0 Å². The predicted molar refractivity (Wildman–Crippen MR) is 103 cm³/mol. The first-order chi connectivity index (χ1) is 12.8. The Bertz CT molecular complexity index is 897. The summed E-state index contributed by atoms with van der Waals surface area (Å²) in [5, 5.41) is 3.25. The Morgan fingerprint density at radius 3 is 2.69 bits per heavy atom. The number of benzene rings is 1. The summed E-state index contributed by atoms with van der Waals surface area (Å²) in [5.74, 6) is 0.833. The number of imidazole rings is 1. The van der Waals surface area contributed by atoms with Crippen molar-refractivity contribution in [2.45, 2.75) is 51.1 Å². The molecule has 1 fully saturated rings. The summed E-state index contributed by atoms with van der Waals surface area (Å²) in [4.78, 5) is 22.3. The number of amides is 1. The van der Waals surface area contributed by atoms with E-state index in [2.05, 4.69) is 21.8 Å². The molecule has 134 valence electrons. The molecule has 1 aliphatic rings. The zero-order valence-electron chi connectivity index (χ0n) is 15.1. The molecule has 2 heterocycles. The van der Waals surface area contributed by atoms with Crippen LogP contribution in [0.4, 0.5) is 0 Å². The topological polar surface area (TPSA) is 59.8 Å². The number of hydrogen-bond donors (Lipinski definition) is 1. The van der Waals surface area contributed by atoms with Gasteiger partial charge in [-0.3, -0.25) is 9.78 Å². The molecule has 0 saturated heterocycles. The average molecular weight is 348 g/mol. The summed E-state index contributed by atoms with van der Waals surface area (Å²) in [5.41, 5.74) is 2.65. The highest BCUT2D eigenvalue weighted by molar-refractivity contribution is 5.86. The number of para-hydroxylation sites is 2. The first-order valence-electron chi connectivity index (χ1n) is 9.46. The molecule has 5 nitrogen and oxygen atoms in total. The largest absolute Gasteiger partial charge is 0.352 e. The van der Waals surface area contributed by atoms with Crippen LogP contribution in [0.3, 0.4) is 0 Å². The fraction of sp³-hybridized carbons (Fsp3) is 0.381. The Labute approximate surface area is 153 Å². The molecule has 1 aliphatic carbocycles. The van der Waals surface area contributed by atoms with Crippen LogP contribution in [0.2, 0.25) is 0 Å². The molecule has 1 amide bonds. The molecule has 0 spiro atoms. The van der Waals surface area contributed by atoms with Gasteiger partial charge < -0.3 is 9.88 Å². The van der Waals surface area contributed by atoms with E-state index < -0.39 is 0 Å². The lowest BCUT2D eigenvalue weighted by Gasteiger charge is -2.22. The molecular formula is C21H24N4O. The number of nitrogens with zero attached hydrogens (tertiary/aromatic N) is 3. The molecule has 26 heavy (non-hydrogen) atoms. The highest BCUT2D eigenvalue weighted by atomic mass is 16.2. The van der Waals surface area contributed by atoms with Gasteiger partial charge in [-0.25, -0.2) is 4.98 Å². The average Bonchev–Trinajstić information content (AvgIpc) is 3.31. The minimum atomic E-state index is -0.292. The van der Waals surface area contributed by atoms with Gasteiger partial charge >= 0.3 is 0 Å². The third-order valence-corrected chi connectivity index (χ3v) is 5.19. The van der Waals surface area contributed by atoms with Crippen molar-refractivity contribution in [1.29, 1.82) is 0 Å². The van der Waals surface area contributed by atoms with Crippen molar-refractivity contribution in [3.8, 4) is 11.5 Å². The van der Waals surface area contributed by atoms with E-state index in [1.807, 2.05) is 42.5 Å². The van der Waals surface area contributed by atoms with Gasteiger partial charge in [0.2, 0.25) is 5.91 Å². The summed E-state index contributed by atoms with van der Waals surface area (Å²) in [7, 11) is 0. The number of carbonyl (C=O) groups excluding carboxylic acids is 1. The molecule has 3 aromatic rings. The van der Waals surface area contributed by atoms with Crippen molar-refractivity contribution in [1.82, 2.24) is 19.9 Å². The second-order valence-electron chi connectivity index (χ2n) is 6.92. The van der Waals surface area contributed by atoms with Gasteiger partial charge in [-0.05, 0) is 43.5 Å². The molecule has 0 bridgehead atoms. The van der Waals surface area contributed by atoms with E-state index in [1.165, 1.54) is 12.8 Å². The molecule has 4 rings (SSSR count). The van der Waals surface area contributed by atoms with Gasteiger partial charge in [0.15, 0.2) is 5.82 Å². The maximum absolute atomic E-state index is 13.1. The lowest BCUT2D eigenvalue weighted by molar-refractivity contribution is -0.125. The highest BCUT2D eigenvalue weighted by Crippen LogP contribution is 2.29. The molecule has 1 aromatic carbocycles. The molecule has 1 N–H and O–H groups in total. The van der Waals surface area contributed by atoms with Gasteiger partial charge in [0, 0.05) is 12.2 Å². The standard InChI is InChI=1S/C21H24N4O/c1-2-18(21(26)23-15-9-3-4-10-15)25-19-13-6-5-11-16(19)24-20(25)17-12-7-8-14-22-17/h5-8,11-15,18H,2-4,9-10H2,1H3,(H,23,26). The first-order valence-corrected chi connectivity index (χ1v) is 9.46. The molecular weight excluding hydrogens is 324 g/mol. The van der Waals surface area contributed by atoms with Crippen LogP contribution >= 0.6 is 0 Å². The van der Waals surface area contributed by atoms with Crippen LogP contribution in [0.25, 0.3) is 22.6 Å². The lowest BCUT2D eigenvalue weighted by atomic mass is 10.1. The fourth-order valence-corrected chi connectivity index (χ4v) is 3.89. The zero-order chi connectivity index (χ0) is 17.9. The van der Waals surface area contributed by atoms with E-state index in [9.17, 15) is 4.79 Å². The van der Waals surface area contributed by atoms with E-state index in [0.717, 1.165) is 35.4 Å². The van der Waals surface area contributed by atoms with Crippen LogP contribution in [0.1, 0.15) is 45.1 Å². The second kappa shape index (κ2) is 7.28.